The van der Waals surface area contributed by atoms with Crippen molar-refractivity contribution in [3.8, 4) is 17.1 Å². The Morgan fingerprint density at radius 3 is 1.19 bits per heavy atom. The molecule has 512 valence electrons. The second-order valence-corrected chi connectivity index (χ2v) is 25.3. The number of hydrogen-bond donors (Lipinski definition) is 0. The van der Waals surface area contributed by atoms with Crippen molar-refractivity contribution in [2.45, 2.75) is 137 Å². The van der Waals surface area contributed by atoms with Crippen molar-refractivity contribution >= 4 is 120 Å². The number of rotatable bonds is 30. The zero-order valence-corrected chi connectivity index (χ0v) is 58.2. The third-order valence-corrected chi connectivity index (χ3v) is 17.8. The summed E-state index contributed by atoms with van der Waals surface area (Å²) in [7, 11) is 0. The van der Waals surface area contributed by atoms with Gasteiger partial charge in [0.05, 0.1) is 57.9 Å². The Morgan fingerprint density at radius 2 is 0.770 bits per heavy atom. The molecule has 2 aromatic heterocycles. The van der Waals surface area contributed by atoms with Crippen LogP contribution in [0.4, 0.5) is 0 Å². The summed E-state index contributed by atoms with van der Waals surface area (Å²) in [6, 6.07) is 53.0. The van der Waals surface area contributed by atoms with Crippen molar-refractivity contribution < 1.29 is 62.4 Å². The quantitative estimate of drug-likeness (QED) is 0.00595. The molecule has 1 atom stereocenters. The van der Waals surface area contributed by atoms with E-state index in [-0.39, 0.29) is 36.5 Å². The molecular formula is C80H78N6O13S. The van der Waals surface area contributed by atoms with Crippen LogP contribution in [0.1, 0.15) is 181 Å². The van der Waals surface area contributed by atoms with Crippen LogP contribution in [0.5, 0.6) is 5.75 Å². The Labute approximate surface area is 583 Å². The van der Waals surface area contributed by atoms with Crippen LogP contribution < -0.4 is 4.74 Å². The van der Waals surface area contributed by atoms with Crippen LogP contribution in [0.2, 0.25) is 0 Å². The number of benzene rings is 8. The molecule has 0 saturated heterocycles. The second kappa shape index (κ2) is 33.4. The van der Waals surface area contributed by atoms with Gasteiger partial charge in [0, 0.05) is 105 Å². The molecule has 0 radical (unpaired) electrons. The van der Waals surface area contributed by atoms with Gasteiger partial charge in [0.2, 0.25) is 0 Å². The molecule has 10 aromatic rings. The number of ether oxygens (including phenoxy) is 2. The molecule has 0 amide bonds. The van der Waals surface area contributed by atoms with Crippen LogP contribution in [0.3, 0.4) is 0 Å². The van der Waals surface area contributed by atoms with Gasteiger partial charge in [0.25, 0.3) is 0 Å². The van der Waals surface area contributed by atoms with Gasteiger partial charge in [-0.3, -0.25) is 14.4 Å². The van der Waals surface area contributed by atoms with E-state index in [4.69, 9.17) is 28.8 Å². The number of aromatic nitrogens is 2. The van der Waals surface area contributed by atoms with Crippen molar-refractivity contribution in [1.82, 2.24) is 9.13 Å². The summed E-state index contributed by atoms with van der Waals surface area (Å²) in [6.45, 7) is 14.9. The summed E-state index contributed by atoms with van der Waals surface area (Å²) in [4.78, 5) is 110. The van der Waals surface area contributed by atoms with Gasteiger partial charge < -0.3 is 38.0 Å². The molecule has 10 rings (SSSR count). The molecule has 8 aromatic carbocycles. The Hall–Kier alpha value is -11.1. The minimum absolute atomic E-state index is 0.00225. The van der Waals surface area contributed by atoms with Crippen LogP contribution in [-0.2, 0) is 48.1 Å². The predicted octanol–water partition coefficient (Wildman–Crippen LogP) is 17.5. The van der Waals surface area contributed by atoms with Gasteiger partial charge in [0.1, 0.15) is 11.2 Å². The van der Waals surface area contributed by atoms with Gasteiger partial charge in [-0.15, -0.1) is 0 Å². The number of carbonyl (C=O) groups excluding carboxylic acids is 7. The maximum absolute atomic E-state index is 14.6. The van der Waals surface area contributed by atoms with Crippen LogP contribution in [0, 0.1) is 0 Å². The fourth-order valence-corrected chi connectivity index (χ4v) is 12.9. The van der Waals surface area contributed by atoms with Crippen molar-refractivity contribution in [2.24, 2.45) is 20.6 Å². The molecule has 1 unspecified atom stereocenters. The van der Waals surface area contributed by atoms with Crippen LogP contribution >= 0.6 is 11.8 Å². The molecule has 0 saturated carbocycles. The SMILES string of the molecule is CCCCCCC/C(=N\OC(C)=O)c1ccc2c(c1)c1cc(C(=O)c3ccc(SC(CCC)Oc4ccc(C(=O)c5ccc6c(c5)c5cc(/C(CCC(=O)OCC)=N\OC(C)=O)ccc5n6-c5ccc(/C(C)=N/OC(C)=O)cc5)cc4)cc3)ccc1n2-c1ccc(/C(C)=N/OC(C)=O)cc1. The number of thioether (sulfide) groups is 1. The standard InChI is InChI=1S/C80H78N6O13S/c1-10-13-14-15-16-18-71(83-98-53(8)89)59-27-40-73-67(45-59)69-48-62(30-43-75(69)85(73)63-31-19-55(20-32-63)49(4)81-96-51(6)87)80(93)58-25-37-66(38-26-58)100-78(17-11-2)95-65-35-23-57(24-36-65)79(92)61-29-42-76-70(47-61)68-46-60(72(84-99-54(9)90)39-44-77(91)94-12-3)28-41-74(68)86(76)64-33-21-56(22-34-64)50(5)82-97-52(7)88/h19-38,40-43,45-48,78H,10-18,39,44H2,1-9H3/b81-49+,82-50+,83-71+,84-72-. The van der Waals surface area contributed by atoms with Crippen molar-refractivity contribution in [3.63, 3.8) is 0 Å². The average molecular weight is 1360 g/mol. The molecule has 20 heteroatoms. The van der Waals surface area contributed by atoms with Crippen molar-refractivity contribution in [2.75, 3.05) is 6.61 Å². The van der Waals surface area contributed by atoms with E-state index in [1.165, 1.54) is 39.5 Å². The Kier molecular flexibility index (Phi) is 23.9. The van der Waals surface area contributed by atoms with E-state index in [1.54, 1.807) is 51.1 Å². The van der Waals surface area contributed by atoms with Crippen LogP contribution in [0.15, 0.2) is 195 Å². The molecule has 0 spiro atoms. The van der Waals surface area contributed by atoms with E-state index in [2.05, 4.69) is 49.7 Å². The molecule has 0 aliphatic rings. The molecule has 0 fully saturated rings. The number of oxime groups is 4. The number of carbonyl (C=O) groups is 7. The van der Waals surface area contributed by atoms with E-state index in [0.29, 0.717) is 69.3 Å². The minimum atomic E-state index is -0.623. The van der Waals surface area contributed by atoms with E-state index >= 15 is 0 Å². The zero-order chi connectivity index (χ0) is 71.0. The Morgan fingerprint density at radius 1 is 0.390 bits per heavy atom. The fraction of sp³-hybridized carbons (Fsp3) is 0.263. The highest BCUT2D eigenvalue weighted by atomic mass is 32.2. The highest BCUT2D eigenvalue weighted by Gasteiger charge is 2.23. The summed E-state index contributed by atoms with van der Waals surface area (Å²) in [5.74, 6) is -2.40. The third kappa shape index (κ3) is 17.6. The van der Waals surface area contributed by atoms with Gasteiger partial charge in [0.15, 0.2) is 11.6 Å². The first-order valence-electron chi connectivity index (χ1n) is 33.4. The van der Waals surface area contributed by atoms with Crippen LogP contribution in [0.25, 0.3) is 55.0 Å². The summed E-state index contributed by atoms with van der Waals surface area (Å²) < 4.78 is 16.0. The predicted molar refractivity (Wildman–Crippen MR) is 390 cm³/mol. The molecule has 0 N–H and O–H groups in total. The first-order chi connectivity index (χ1) is 48.3. The largest absolute Gasteiger partial charge is 0.479 e. The number of nitrogens with zero attached hydrogens (tertiary/aromatic N) is 6. The number of hydrogen-bond acceptors (Lipinski definition) is 18. The van der Waals surface area contributed by atoms with Crippen molar-refractivity contribution in [1.29, 1.82) is 0 Å². The molecule has 19 nitrogen and oxygen atoms in total. The van der Waals surface area contributed by atoms with Gasteiger partial charge in [-0.05, 0) is 185 Å². The summed E-state index contributed by atoms with van der Waals surface area (Å²) in [6.07, 6.45) is 7.51. The average Bonchev–Trinajstić information content (AvgIpc) is 1.59. The van der Waals surface area contributed by atoms with Gasteiger partial charge in [-0.2, -0.15) is 0 Å². The molecular weight excluding hydrogens is 1280 g/mol. The van der Waals surface area contributed by atoms with Gasteiger partial charge >= 0.3 is 29.8 Å². The highest BCUT2D eigenvalue weighted by Crippen LogP contribution is 2.38. The van der Waals surface area contributed by atoms with E-state index in [1.807, 2.05) is 133 Å². The molecule has 0 bridgehead atoms. The Bertz CT molecular complexity index is 4850. The normalized spacial score (nSPS) is 12.4. The third-order valence-electron chi connectivity index (χ3n) is 16.7. The van der Waals surface area contributed by atoms with Crippen LogP contribution in [-0.4, -0.2) is 85.4 Å². The first-order valence-corrected chi connectivity index (χ1v) is 34.3. The van der Waals surface area contributed by atoms with Gasteiger partial charge in [-0.1, -0.05) is 115 Å². The maximum Gasteiger partial charge on any atom is 0.331 e. The number of esters is 1. The lowest BCUT2D eigenvalue weighted by Gasteiger charge is -2.18. The monoisotopic (exact) mass is 1360 g/mol. The fourth-order valence-electron chi connectivity index (χ4n) is 11.8. The number of unbranched alkanes of at least 4 members (excludes halogenated alkanes) is 4. The number of fused-ring (bicyclic) bond motifs is 6. The Balaban J connectivity index is 0.895. The highest BCUT2D eigenvalue weighted by molar-refractivity contribution is 7.99. The molecule has 100 heavy (non-hydrogen) atoms. The maximum atomic E-state index is 14.6. The van der Waals surface area contributed by atoms with E-state index in [9.17, 15) is 33.6 Å². The van der Waals surface area contributed by atoms with Crippen molar-refractivity contribution in [3.05, 3.63) is 214 Å². The summed E-state index contributed by atoms with van der Waals surface area (Å²) >= 11 is 1.54. The first kappa shape index (κ1) is 71.6. The summed E-state index contributed by atoms with van der Waals surface area (Å²) in [5.41, 5.74) is 11.5. The lowest BCUT2D eigenvalue weighted by molar-refractivity contribution is -0.143. The van der Waals surface area contributed by atoms with Gasteiger partial charge in [-0.25, -0.2) is 19.2 Å². The van der Waals surface area contributed by atoms with E-state index in [0.717, 1.165) is 115 Å². The molecule has 2 heterocycles. The lowest BCUT2D eigenvalue weighted by atomic mass is 9.99. The summed E-state index contributed by atoms with van der Waals surface area (Å²) in [5, 5.41) is 19.6. The second-order valence-electron chi connectivity index (χ2n) is 24.1. The number of ketones is 2. The zero-order valence-electron chi connectivity index (χ0n) is 57.4. The smallest absolute Gasteiger partial charge is 0.331 e. The minimum Gasteiger partial charge on any atom is -0.479 e. The van der Waals surface area contributed by atoms with E-state index < -0.39 is 29.8 Å². The lowest BCUT2D eigenvalue weighted by Crippen LogP contribution is -2.12. The molecule has 0 aliphatic carbocycles. The molecule has 0 aliphatic heterocycles. The topological polar surface area (TPSA) is 234 Å².